The van der Waals surface area contributed by atoms with Crippen molar-refractivity contribution in [1.29, 1.82) is 0 Å². The van der Waals surface area contributed by atoms with Gasteiger partial charge in [0, 0.05) is 0 Å². The van der Waals surface area contributed by atoms with Crippen LogP contribution in [0.15, 0.2) is 72.8 Å². The lowest BCUT2D eigenvalue weighted by molar-refractivity contribution is -0.127. The van der Waals surface area contributed by atoms with Gasteiger partial charge in [-0.2, -0.15) is 0 Å². The summed E-state index contributed by atoms with van der Waals surface area (Å²) < 4.78 is 6.16. The molecule has 1 amide bonds. The summed E-state index contributed by atoms with van der Waals surface area (Å²) in [6.45, 7) is 3.90. The van der Waals surface area contributed by atoms with Crippen molar-refractivity contribution in [3.8, 4) is 5.75 Å². The zero-order valence-corrected chi connectivity index (χ0v) is 17.7. The summed E-state index contributed by atoms with van der Waals surface area (Å²) >= 11 is 0. The van der Waals surface area contributed by atoms with Crippen LogP contribution in [0, 0.1) is 6.92 Å². The van der Waals surface area contributed by atoms with Gasteiger partial charge in [0.25, 0.3) is 5.91 Å². The molecule has 0 heterocycles. The van der Waals surface area contributed by atoms with Crippen molar-refractivity contribution in [2.75, 3.05) is 0 Å². The maximum Gasteiger partial charge on any atom is 0.261 e. The molecule has 0 spiro atoms. The summed E-state index contributed by atoms with van der Waals surface area (Å²) in [6, 6.07) is 24.3. The highest BCUT2D eigenvalue weighted by molar-refractivity contribution is 5.81. The van der Waals surface area contributed by atoms with Crippen LogP contribution >= 0.6 is 0 Å². The topological polar surface area (TPSA) is 38.3 Å². The van der Waals surface area contributed by atoms with Gasteiger partial charge in [-0.15, -0.1) is 0 Å². The zero-order valence-electron chi connectivity index (χ0n) is 17.7. The molecule has 0 unspecified atom stereocenters. The molecule has 30 heavy (non-hydrogen) atoms. The highest BCUT2D eigenvalue weighted by Crippen LogP contribution is 2.30. The molecule has 1 aliphatic carbocycles. The fraction of sp³-hybridized carbons (Fsp3) is 0.296. The molecule has 3 nitrogen and oxygen atoms in total. The van der Waals surface area contributed by atoms with Crippen LogP contribution < -0.4 is 10.1 Å². The number of ether oxygens (including phenoxy) is 1. The number of rotatable bonds is 6. The molecule has 0 aliphatic heterocycles. The summed E-state index contributed by atoms with van der Waals surface area (Å²) in [5.74, 6) is 0.737. The normalized spacial score (nSPS) is 15.0. The third-order valence-electron chi connectivity index (χ3n) is 5.82. The quantitative estimate of drug-likeness (QED) is 0.590. The largest absolute Gasteiger partial charge is 0.481 e. The van der Waals surface area contributed by atoms with Crippen molar-refractivity contribution in [3.63, 3.8) is 0 Å². The number of hydrogen-bond donors (Lipinski definition) is 1. The van der Waals surface area contributed by atoms with E-state index in [-0.39, 0.29) is 11.9 Å². The van der Waals surface area contributed by atoms with Crippen molar-refractivity contribution < 1.29 is 9.53 Å². The number of aryl methyl sites for hydroxylation is 2. The summed E-state index contributed by atoms with van der Waals surface area (Å²) in [5.41, 5.74) is 5.91. The molecule has 1 N–H and O–H groups in total. The number of fused-ring (bicyclic) bond motifs is 1. The van der Waals surface area contributed by atoms with E-state index in [1.165, 1.54) is 29.5 Å². The second-order valence-corrected chi connectivity index (χ2v) is 8.13. The molecule has 0 aromatic heterocycles. The minimum atomic E-state index is -0.575. The Hall–Kier alpha value is -3.07. The van der Waals surface area contributed by atoms with Crippen molar-refractivity contribution >= 4 is 5.91 Å². The van der Waals surface area contributed by atoms with Gasteiger partial charge in [-0.25, -0.2) is 0 Å². The van der Waals surface area contributed by atoms with Crippen molar-refractivity contribution in [1.82, 2.24) is 5.32 Å². The molecular formula is C27H29NO2. The average molecular weight is 400 g/mol. The van der Waals surface area contributed by atoms with Crippen LogP contribution in [0.5, 0.6) is 5.75 Å². The molecule has 0 fully saturated rings. The van der Waals surface area contributed by atoms with Gasteiger partial charge in [0.05, 0.1) is 6.04 Å². The third kappa shape index (κ3) is 4.56. The van der Waals surface area contributed by atoms with Gasteiger partial charge in [0.15, 0.2) is 6.10 Å². The summed E-state index contributed by atoms with van der Waals surface area (Å²) in [5, 5.41) is 3.21. The third-order valence-corrected chi connectivity index (χ3v) is 5.82. The molecule has 3 heteroatoms. The first-order chi connectivity index (χ1) is 14.6. The molecule has 154 valence electrons. The van der Waals surface area contributed by atoms with Gasteiger partial charge in [0.2, 0.25) is 0 Å². The van der Waals surface area contributed by atoms with E-state index in [1.807, 2.05) is 55.5 Å². The molecule has 3 aromatic carbocycles. The maximum absolute atomic E-state index is 13.1. The summed E-state index contributed by atoms with van der Waals surface area (Å²) in [6.07, 6.45) is 3.94. The molecule has 0 saturated carbocycles. The van der Waals surface area contributed by atoms with E-state index in [9.17, 15) is 4.79 Å². The van der Waals surface area contributed by atoms with Crippen LogP contribution in [0.2, 0.25) is 0 Å². The van der Waals surface area contributed by atoms with Crippen LogP contribution in [-0.4, -0.2) is 12.0 Å². The average Bonchev–Trinajstić information content (AvgIpc) is 2.78. The Labute approximate surface area is 179 Å². The van der Waals surface area contributed by atoms with Crippen molar-refractivity contribution in [3.05, 3.63) is 101 Å². The Morgan fingerprint density at radius 1 is 0.900 bits per heavy atom. The van der Waals surface area contributed by atoms with Crippen LogP contribution in [-0.2, 0) is 17.6 Å². The minimum Gasteiger partial charge on any atom is -0.481 e. The number of carbonyl (C=O) groups is 1. The smallest absolute Gasteiger partial charge is 0.261 e. The van der Waals surface area contributed by atoms with Crippen LogP contribution in [0.25, 0.3) is 0 Å². The van der Waals surface area contributed by atoms with Gasteiger partial charge in [-0.1, -0.05) is 72.3 Å². The van der Waals surface area contributed by atoms with E-state index in [4.69, 9.17) is 4.74 Å². The first kappa shape index (κ1) is 20.2. The molecule has 0 saturated heterocycles. The minimum absolute atomic E-state index is 0.112. The van der Waals surface area contributed by atoms with Gasteiger partial charge >= 0.3 is 0 Å². The molecule has 1 aliphatic rings. The first-order valence-corrected chi connectivity index (χ1v) is 10.8. The zero-order chi connectivity index (χ0) is 20.9. The molecule has 2 atom stereocenters. The van der Waals surface area contributed by atoms with E-state index < -0.39 is 6.10 Å². The SMILES string of the molecule is Cc1cccc([C@@H](NC(=O)[C@@H](C)Oc2cccc3c2CCCC3)c2ccccc2)c1. The summed E-state index contributed by atoms with van der Waals surface area (Å²) in [7, 11) is 0. The predicted octanol–water partition coefficient (Wildman–Crippen LogP) is 5.55. The second-order valence-electron chi connectivity index (χ2n) is 8.13. The van der Waals surface area contributed by atoms with Crippen molar-refractivity contribution in [2.45, 2.75) is 51.7 Å². The van der Waals surface area contributed by atoms with E-state index in [1.54, 1.807) is 0 Å². The van der Waals surface area contributed by atoms with Gasteiger partial charge in [0.1, 0.15) is 5.75 Å². The van der Waals surface area contributed by atoms with Crippen molar-refractivity contribution in [2.24, 2.45) is 0 Å². The van der Waals surface area contributed by atoms with E-state index in [0.29, 0.717) is 0 Å². The van der Waals surface area contributed by atoms with E-state index in [0.717, 1.165) is 29.7 Å². The molecule has 0 radical (unpaired) electrons. The molecule has 0 bridgehead atoms. The lowest BCUT2D eigenvalue weighted by atomic mass is 9.91. The molecular weight excluding hydrogens is 370 g/mol. The van der Waals surface area contributed by atoms with Crippen LogP contribution in [0.4, 0.5) is 0 Å². The molecule has 3 aromatic rings. The number of nitrogens with one attached hydrogen (secondary N) is 1. The standard InChI is InChI=1S/C27H29NO2/c1-19-10-8-15-23(18-19)26(22-12-4-3-5-13-22)28-27(29)20(2)30-25-17-9-14-21-11-6-7-16-24(21)25/h3-5,8-10,12-15,17-18,20,26H,6-7,11,16H2,1-2H3,(H,28,29)/t20-,26+/m1/s1. The highest BCUT2D eigenvalue weighted by Gasteiger charge is 2.23. The maximum atomic E-state index is 13.1. The van der Waals surface area contributed by atoms with E-state index in [2.05, 4.69) is 36.5 Å². The Morgan fingerprint density at radius 3 is 2.43 bits per heavy atom. The predicted molar refractivity (Wildman–Crippen MR) is 121 cm³/mol. The Kier molecular flexibility index (Phi) is 6.18. The lowest BCUT2D eigenvalue weighted by Gasteiger charge is -2.25. The first-order valence-electron chi connectivity index (χ1n) is 10.8. The van der Waals surface area contributed by atoms with Gasteiger partial charge in [-0.05, 0) is 67.9 Å². The highest BCUT2D eigenvalue weighted by atomic mass is 16.5. The Bertz CT molecular complexity index is 1010. The number of amides is 1. The van der Waals surface area contributed by atoms with Crippen LogP contribution in [0.1, 0.15) is 53.6 Å². The fourth-order valence-electron chi connectivity index (χ4n) is 4.21. The van der Waals surface area contributed by atoms with Crippen LogP contribution in [0.3, 0.4) is 0 Å². The second kappa shape index (κ2) is 9.17. The molecule has 4 rings (SSSR count). The number of benzene rings is 3. The fourth-order valence-corrected chi connectivity index (χ4v) is 4.21. The van der Waals surface area contributed by atoms with E-state index >= 15 is 0 Å². The van der Waals surface area contributed by atoms with Gasteiger partial charge < -0.3 is 10.1 Å². The Balaban J connectivity index is 1.54. The lowest BCUT2D eigenvalue weighted by Crippen LogP contribution is -2.39. The number of hydrogen-bond acceptors (Lipinski definition) is 2. The monoisotopic (exact) mass is 399 g/mol. The van der Waals surface area contributed by atoms with Gasteiger partial charge in [-0.3, -0.25) is 4.79 Å². The summed E-state index contributed by atoms with van der Waals surface area (Å²) in [4.78, 5) is 13.1. The Morgan fingerprint density at radius 2 is 1.63 bits per heavy atom. The number of carbonyl (C=O) groups excluding carboxylic acids is 1.